The van der Waals surface area contributed by atoms with Crippen LogP contribution in [0.3, 0.4) is 0 Å². The summed E-state index contributed by atoms with van der Waals surface area (Å²) in [6, 6.07) is 1.84. The predicted molar refractivity (Wildman–Crippen MR) is 77.1 cm³/mol. The van der Waals surface area contributed by atoms with Crippen LogP contribution in [0.2, 0.25) is 0 Å². The lowest BCUT2D eigenvalue weighted by molar-refractivity contribution is -0.118. The number of benzene rings is 1. The lowest BCUT2D eigenvalue weighted by atomic mass is 9.90. The first kappa shape index (κ1) is 13.4. The van der Waals surface area contributed by atoms with Crippen molar-refractivity contribution in [2.24, 2.45) is 0 Å². The molecule has 0 unspecified atom stereocenters. The molecule has 0 saturated heterocycles. The van der Waals surface area contributed by atoms with Crippen LogP contribution in [-0.4, -0.2) is 11.0 Å². The van der Waals surface area contributed by atoms with Crippen LogP contribution in [0.1, 0.15) is 23.1 Å². The summed E-state index contributed by atoms with van der Waals surface area (Å²) in [6.07, 6.45) is 5.72. The molecule has 3 nitrogen and oxygen atoms in total. The van der Waals surface area contributed by atoms with Gasteiger partial charge in [-0.25, -0.2) is 0 Å². The van der Waals surface area contributed by atoms with Gasteiger partial charge in [0.1, 0.15) is 5.75 Å². The third-order valence-electron chi connectivity index (χ3n) is 3.47. The van der Waals surface area contributed by atoms with E-state index in [-0.39, 0.29) is 5.91 Å². The molecular formula is C16H18NO2. The first-order valence-electron chi connectivity index (χ1n) is 6.32. The van der Waals surface area contributed by atoms with E-state index in [0.717, 1.165) is 22.4 Å². The van der Waals surface area contributed by atoms with Crippen LogP contribution >= 0.6 is 0 Å². The van der Waals surface area contributed by atoms with Crippen molar-refractivity contribution in [1.82, 2.24) is 0 Å². The Labute approximate surface area is 113 Å². The Morgan fingerprint density at radius 3 is 2.58 bits per heavy atom. The largest absolute Gasteiger partial charge is 0.507 e. The lowest BCUT2D eigenvalue weighted by Crippen LogP contribution is -2.30. The standard InChI is InChI=1S/C16H18NO2/c1-4-6-11-10-14-12(8-9-15(18)17(14)3)13(7-5-2)16(11)19/h4-5,10,19H,1-3,6-9H2. The van der Waals surface area contributed by atoms with Gasteiger partial charge in [0.15, 0.2) is 0 Å². The molecular weight excluding hydrogens is 238 g/mol. The number of carbonyl (C=O) groups excluding carboxylic acids is 1. The molecule has 0 fully saturated rings. The molecule has 1 aliphatic heterocycles. The molecule has 3 heteroatoms. The SMILES string of the molecule is [CH2]N1C(=O)CCc2c1cc(CC=C)c(O)c2CC=C. The fourth-order valence-electron chi connectivity index (χ4n) is 2.51. The fourth-order valence-corrected chi connectivity index (χ4v) is 2.51. The fraction of sp³-hybridized carbons (Fsp3) is 0.250. The molecule has 0 bridgehead atoms. The maximum Gasteiger partial charge on any atom is 0.227 e. The summed E-state index contributed by atoms with van der Waals surface area (Å²) in [5.74, 6) is 0.300. The zero-order valence-electron chi connectivity index (χ0n) is 11.0. The number of hydrogen-bond donors (Lipinski definition) is 1. The van der Waals surface area contributed by atoms with Crippen LogP contribution in [0.4, 0.5) is 5.69 Å². The van der Waals surface area contributed by atoms with Gasteiger partial charge in [-0.15, -0.1) is 13.2 Å². The summed E-state index contributed by atoms with van der Waals surface area (Å²) in [4.78, 5) is 13.2. The summed E-state index contributed by atoms with van der Waals surface area (Å²) in [6.45, 7) is 7.42. The number of aromatic hydroxyl groups is 1. The van der Waals surface area contributed by atoms with Crippen molar-refractivity contribution in [2.75, 3.05) is 4.90 Å². The van der Waals surface area contributed by atoms with Crippen LogP contribution in [0.5, 0.6) is 5.75 Å². The molecule has 99 valence electrons. The minimum absolute atomic E-state index is 0.00676. The van der Waals surface area contributed by atoms with E-state index in [1.54, 1.807) is 12.2 Å². The monoisotopic (exact) mass is 256 g/mol. The van der Waals surface area contributed by atoms with Gasteiger partial charge in [-0.1, -0.05) is 12.2 Å². The molecule has 1 aromatic rings. The van der Waals surface area contributed by atoms with Crippen molar-refractivity contribution in [2.45, 2.75) is 25.7 Å². The molecule has 1 heterocycles. The van der Waals surface area contributed by atoms with Crippen molar-refractivity contribution >= 4 is 11.6 Å². The Hall–Kier alpha value is -2.03. The zero-order valence-corrected chi connectivity index (χ0v) is 11.0. The minimum Gasteiger partial charge on any atom is -0.507 e. The number of carbonyl (C=O) groups is 1. The van der Waals surface area contributed by atoms with Crippen molar-refractivity contribution < 1.29 is 9.90 Å². The van der Waals surface area contributed by atoms with Gasteiger partial charge < -0.3 is 10.0 Å². The highest BCUT2D eigenvalue weighted by Gasteiger charge is 2.26. The number of rotatable bonds is 4. The van der Waals surface area contributed by atoms with Gasteiger partial charge in [-0.2, -0.15) is 0 Å². The number of allylic oxidation sites excluding steroid dienone is 2. The summed E-state index contributed by atoms with van der Waals surface area (Å²) < 4.78 is 0. The van der Waals surface area contributed by atoms with Crippen LogP contribution < -0.4 is 4.90 Å². The number of hydrogen-bond acceptors (Lipinski definition) is 2. The summed E-state index contributed by atoms with van der Waals surface area (Å²) in [7, 11) is 3.80. The van der Waals surface area contributed by atoms with Crippen molar-refractivity contribution in [1.29, 1.82) is 0 Å². The van der Waals surface area contributed by atoms with Gasteiger partial charge in [-0.3, -0.25) is 4.79 Å². The van der Waals surface area contributed by atoms with Gasteiger partial charge in [0.05, 0.1) is 0 Å². The van der Waals surface area contributed by atoms with E-state index in [2.05, 4.69) is 20.2 Å². The highest BCUT2D eigenvalue weighted by Crippen LogP contribution is 2.38. The Morgan fingerprint density at radius 1 is 1.26 bits per heavy atom. The van der Waals surface area contributed by atoms with Gasteiger partial charge in [0.2, 0.25) is 5.91 Å². The Bertz CT molecular complexity index is 546. The Morgan fingerprint density at radius 2 is 1.95 bits per heavy atom. The first-order chi connectivity index (χ1) is 9.10. The average molecular weight is 256 g/mol. The molecule has 19 heavy (non-hydrogen) atoms. The summed E-state index contributed by atoms with van der Waals surface area (Å²) in [5.41, 5.74) is 3.42. The van der Waals surface area contributed by atoms with E-state index in [0.29, 0.717) is 31.4 Å². The van der Waals surface area contributed by atoms with E-state index < -0.39 is 0 Å². The molecule has 0 spiro atoms. The van der Waals surface area contributed by atoms with Gasteiger partial charge in [-0.05, 0) is 36.5 Å². The second kappa shape index (κ2) is 5.31. The van der Waals surface area contributed by atoms with Crippen molar-refractivity contribution in [3.63, 3.8) is 0 Å². The van der Waals surface area contributed by atoms with Crippen LogP contribution in [0, 0.1) is 7.05 Å². The van der Waals surface area contributed by atoms with Crippen LogP contribution in [-0.2, 0) is 24.1 Å². The molecule has 0 atom stereocenters. The normalized spacial score (nSPS) is 14.2. The number of phenolic OH excluding ortho intramolecular Hbond substituents is 1. The van der Waals surface area contributed by atoms with Crippen molar-refractivity contribution in [3.05, 3.63) is 55.1 Å². The number of phenols is 1. The van der Waals surface area contributed by atoms with E-state index in [9.17, 15) is 9.90 Å². The Kier molecular flexibility index (Phi) is 3.74. The summed E-state index contributed by atoms with van der Waals surface area (Å²) >= 11 is 0. The predicted octanol–water partition coefficient (Wildman–Crippen LogP) is 2.92. The molecule has 1 N–H and O–H groups in total. The minimum atomic E-state index is 0.00676. The van der Waals surface area contributed by atoms with Crippen molar-refractivity contribution in [3.8, 4) is 5.75 Å². The highest BCUT2D eigenvalue weighted by atomic mass is 16.3. The zero-order chi connectivity index (χ0) is 14.0. The van der Waals surface area contributed by atoms with Gasteiger partial charge >= 0.3 is 0 Å². The van der Waals surface area contributed by atoms with Gasteiger partial charge in [0, 0.05) is 24.7 Å². The maximum absolute atomic E-state index is 11.7. The quantitative estimate of drug-likeness (QED) is 0.841. The molecule has 1 amide bonds. The molecule has 0 aliphatic carbocycles. The Balaban J connectivity index is 2.64. The average Bonchev–Trinajstić information content (AvgIpc) is 2.39. The first-order valence-corrected chi connectivity index (χ1v) is 6.32. The third-order valence-corrected chi connectivity index (χ3v) is 3.47. The molecule has 1 aliphatic rings. The van der Waals surface area contributed by atoms with Crippen LogP contribution in [0.15, 0.2) is 31.4 Å². The lowest BCUT2D eigenvalue weighted by Gasteiger charge is -2.29. The second-order valence-electron chi connectivity index (χ2n) is 4.67. The second-order valence-corrected chi connectivity index (χ2v) is 4.67. The number of nitrogens with zero attached hydrogens (tertiary/aromatic N) is 1. The number of fused-ring (bicyclic) bond motifs is 1. The van der Waals surface area contributed by atoms with E-state index in [4.69, 9.17) is 0 Å². The van der Waals surface area contributed by atoms with E-state index in [1.807, 2.05) is 6.07 Å². The smallest absolute Gasteiger partial charge is 0.227 e. The topological polar surface area (TPSA) is 40.5 Å². The molecule has 0 aromatic heterocycles. The van der Waals surface area contributed by atoms with E-state index >= 15 is 0 Å². The summed E-state index contributed by atoms with van der Waals surface area (Å²) in [5, 5.41) is 10.3. The maximum atomic E-state index is 11.7. The number of amides is 1. The highest BCUT2D eigenvalue weighted by molar-refractivity contribution is 5.97. The van der Waals surface area contributed by atoms with Crippen LogP contribution in [0.25, 0.3) is 0 Å². The molecule has 1 radical (unpaired) electrons. The number of anilines is 1. The molecule has 2 rings (SSSR count). The van der Waals surface area contributed by atoms with E-state index in [1.165, 1.54) is 4.90 Å². The molecule has 1 aromatic carbocycles. The van der Waals surface area contributed by atoms with Gasteiger partial charge in [0.25, 0.3) is 0 Å². The molecule has 0 saturated carbocycles. The third kappa shape index (κ3) is 2.28.